The van der Waals surface area contributed by atoms with Crippen molar-refractivity contribution in [1.29, 1.82) is 0 Å². The number of oxime groups is 1. The largest absolute Gasteiger partial charge is 0.481 e. The molecule has 10 nitrogen and oxygen atoms in total. The fourth-order valence-corrected chi connectivity index (χ4v) is 8.45. The Morgan fingerprint density at radius 1 is 0.927 bits per heavy atom. The monoisotopic (exact) mass is 563 g/mol. The van der Waals surface area contributed by atoms with Crippen LogP contribution in [0.5, 0.6) is 0 Å². The molecule has 2 aromatic rings. The van der Waals surface area contributed by atoms with Gasteiger partial charge >= 0.3 is 5.97 Å². The number of carbonyl (C=O) groups excluding carboxylic acids is 1. The number of carboxylic acid groups (broad SMARTS) is 1. The average Bonchev–Trinajstić information content (AvgIpc) is 2.93. The van der Waals surface area contributed by atoms with Crippen molar-refractivity contribution in [3.63, 3.8) is 0 Å². The first-order valence-electron chi connectivity index (χ1n) is 15.4. The smallest absolute Gasteiger partial charge is 0.303 e. The van der Waals surface area contributed by atoms with Gasteiger partial charge in [-0.05, 0) is 68.9 Å². The summed E-state index contributed by atoms with van der Waals surface area (Å²) in [5, 5.41) is 13.3. The quantitative estimate of drug-likeness (QED) is 0.347. The molecular formula is C31H41N5O5. The molecule has 1 amide bonds. The molecule has 2 saturated carbocycles. The highest BCUT2D eigenvalue weighted by molar-refractivity contribution is 6.00. The molecule has 2 saturated heterocycles. The Balaban J connectivity index is 1.34. The molecule has 10 heteroatoms. The summed E-state index contributed by atoms with van der Waals surface area (Å²) in [4.78, 5) is 49.4. The minimum atomic E-state index is -1.03. The lowest BCUT2D eigenvalue weighted by atomic mass is 9.68. The van der Waals surface area contributed by atoms with Gasteiger partial charge in [-0.3, -0.25) is 19.3 Å². The number of hydrogen-bond donors (Lipinski definition) is 2. The molecule has 0 spiro atoms. The van der Waals surface area contributed by atoms with Gasteiger partial charge in [-0.25, -0.2) is 4.98 Å². The molecule has 2 aliphatic carbocycles. The third-order valence-corrected chi connectivity index (χ3v) is 9.92. The van der Waals surface area contributed by atoms with Gasteiger partial charge in [-0.2, -0.15) is 0 Å². The van der Waals surface area contributed by atoms with Crippen molar-refractivity contribution in [2.24, 2.45) is 22.7 Å². The second-order valence-corrected chi connectivity index (χ2v) is 12.6. The SMILES string of the molecule is NC(=O)CO/N=C(\CCC(=O)O)c1nc2ccccc2n([C@H]2C[C@H]3CCC[C@@H](C2)N3C2C[C@H]3CCC[C@@H](C2)C3)c1=O. The van der Waals surface area contributed by atoms with Crippen molar-refractivity contribution in [1.82, 2.24) is 14.5 Å². The van der Waals surface area contributed by atoms with Gasteiger partial charge in [-0.15, -0.1) is 0 Å². The fourth-order valence-electron chi connectivity index (χ4n) is 8.45. The minimum absolute atomic E-state index is 0.0102. The van der Waals surface area contributed by atoms with Gasteiger partial charge in [0.05, 0.1) is 17.5 Å². The summed E-state index contributed by atoms with van der Waals surface area (Å²) in [6, 6.07) is 9.19. The molecule has 1 unspecified atom stereocenters. The zero-order valence-corrected chi connectivity index (χ0v) is 23.6. The van der Waals surface area contributed by atoms with E-state index in [0.717, 1.165) is 43.0 Å². The van der Waals surface area contributed by atoms with E-state index >= 15 is 0 Å². The van der Waals surface area contributed by atoms with Gasteiger partial charge in [0.1, 0.15) is 5.71 Å². The number of piperidine rings is 2. The first-order chi connectivity index (χ1) is 19.9. The maximum absolute atomic E-state index is 14.2. The van der Waals surface area contributed by atoms with Crippen LogP contribution in [0.15, 0.2) is 34.2 Å². The van der Waals surface area contributed by atoms with Gasteiger partial charge in [0.2, 0.25) is 0 Å². The summed E-state index contributed by atoms with van der Waals surface area (Å²) in [7, 11) is 0. The molecule has 4 aliphatic rings. The number of carboxylic acids is 1. The van der Waals surface area contributed by atoms with E-state index in [9.17, 15) is 19.5 Å². The van der Waals surface area contributed by atoms with Crippen molar-refractivity contribution < 1.29 is 19.5 Å². The van der Waals surface area contributed by atoms with Crippen LogP contribution in [0.2, 0.25) is 0 Å². The summed E-state index contributed by atoms with van der Waals surface area (Å²) in [5.74, 6) is 0.0111. The number of benzene rings is 1. The van der Waals surface area contributed by atoms with Crippen LogP contribution in [0.4, 0.5) is 0 Å². The molecule has 2 aliphatic heterocycles. The van der Waals surface area contributed by atoms with Crippen LogP contribution in [0.25, 0.3) is 11.0 Å². The number of nitrogens with zero attached hydrogens (tertiary/aromatic N) is 4. The van der Waals surface area contributed by atoms with Crippen LogP contribution in [-0.2, 0) is 14.4 Å². The predicted octanol–water partition coefficient (Wildman–Crippen LogP) is 3.99. The third-order valence-electron chi connectivity index (χ3n) is 9.92. The van der Waals surface area contributed by atoms with Gasteiger partial charge < -0.3 is 20.2 Å². The number of carbonyl (C=O) groups is 2. The van der Waals surface area contributed by atoms with Gasteiger partial charge in [0.25, 0.3) is 11.5 Å². The second kappa shape index (κ2) is 11.9. The summed E-state index contributed by atoms with van der Waals surface area (Å²) in [5.41, 5.74) is 6.51. The summed E-state index contributed by atoms with van der Waals surface area (Å²) in [6.07, 6.45) is 13.3. The van der Waals surface area contributed by atoms with E-state index in [0.29, 0.717) is 23.6 Å². The van der Waals surface area contributed by atoms with Crippen LogP contribution in [-0.4, -0.2) is 61.9 Å². The molecule has 1 aromatic carbocycles. The van der Waals surface area contributed by atoms with Crippen LogP contribution >= 0.6 is 0 Å². The molecule has 41 heavy (non-hydrogen) atoms. The lowest BCUT2D eigenvalue weighted by molar-refractivity contribution is -0.136. The van der Waals surface area contributed by atoms with Crippen LogP contribution < -0.4 is 11.3 Å². The lowest BCUT2D eigenvalue weighted by Gasteiger charge is -2.55. The van der Waals surface area contributed by atoms with Crippen molar-refractivity contribution >= 4 is 28.6 Å². The van der Waals surface area contributed by atoms with Crippen LogP contribution in [0, 0.1) is 11.8 Å². The van der Waals surface area contributed by atoms with Gasteiger partial charge in [-0.1, -0.05) is 43.0 Å². The van der Waals surface area contributed by atoms with Crippen LogP contribution in [0.1, 0.15) is 95.2 Å². The van der Waals surface area contributed by atoms with Crippen molar-refractivity contribution in [2.45, 2.75) is 108 Å². The number of aliphatic carboxylic acids is 1. The zero-order valence-electron chi connectivity index (χ0n) is 23.6. The van der Waals surface area contributed by atoms with Crippen molar-refractivity contribution in [2.75, 3.05) is 6.61 Å². The number of nitrogens with two attached hydrogens (primary N) is 1. The second-order valence-electron chi connectivity index (χ2n) is 12.6. The molecule has 1 aromatic heterocycles. The van der Waals surface area contributed by atoms with E-state index < -0.39 is 18.5 Å². The highest BCUT2D eigenvalue weighted by Gasteiger charge is 2.45. The lowest BCUT2D eigenvalue weighted by Crippen LogP contribution is -2.58. The standard InChI is InChI=1S/C31H41N5O5/c32-28(37)18-41-34-26(11-12-29(38)39)30-31(40)36(27-10-2-1-9-25(27)33-30)24-16-21-7-4-8-22(17-24)35(21)23-14-19-5-3-6-20(13-19)15-23/h1-2,9-10,19-24H,3-8,11-18H2,(H2,32,37)(H,38,39)/b34-26+/t19-,20+,21-,22+,23?,24+. The number of para-hydroxylation sites is 2. The number of rotatable bonds is 9. The Bertz CT molecular complexity index is 1360. The van der Waals surface area contributed by atoms with E-state index in [4.69, 9.17) is 10.6 Å². The molecule has 0 radical (unpaired) electrons. The Labute approximate surface area is 239 Å². The van der Waals surface area contributed by atoms with Crippen molar-refractivity contribution in [3.8, 4) is 0 Å². The number of primary amides is 1. The minimum Gasteiger partial charge on any atom is -0.481 e. The third kappa shape index (κ3) is 5.89. The first kappa shape index (κ1) is 27.9. The normalized spacial score (nSPS) is 30.2. The first-order valence-corrected chi connectivity index (χ1v) is 15.4. The van der Waals surface area contributed by atoms with Gasteiger partial charge in [0.15, 0.2) is 12.3 Å². The molecule has 3 N–H and O–H groups in total. The Hall–Kier alpha value is -3.27. The van der Waals surface area contributed by atoms with E-state index in [2.05, 4.69) is 15.0 Å². The summed E-state index contributed by atoms with van der Waals surface area (Å²) < 4.78 is 1.89. The number of hydrogen-bond acceptors (Lipinski definition) is 7. The summed E-state index contributed by atoms with van der Waals surface area (Å²) in [6.45, 7) is -0.469. The molecular weight excluding hydrogens is 522 g/mol. The van der Waals surface area contributed by atoms with E-state index in [1.54, 1.807) is 0 Å². The predicted molar refractivity (Wildman–Crippen MR) is 155 cm³/mol. The van der Waals surface area contributed by atoms with E-state index in [1.807, 2.05) is 28.8 Å². The maximum atomic E-state index is 14.2. The topological polar surface area (TPSA) is 140 Å². The fraction of sp³-hybridized carbons (Fsp3) is 0.645. The average molecular weight is 564 g/mol. The molecule has 6 rings (SSSR count). The van der Waals surface area contributed by atoms with Gasteiger partial charge in [0, 0.05) is 30.6 Å². The Morgan fingerprint density at radius 3 is 2.29 bits per heavy atom. The number of amides is 1. The number of fused-ring (bicyclic) bond motifs is 5. The molecule has 6 atom stereocenters. The van der Waals surface area contributed by atoms with E-state index in [1.165, 1.54) is 44.9 Å². The Kier molecular flexibility index (Phi) is 8.10. The van der Waals surface area contributed by atoms with Crippen LogP contribution in [0.3, 0.4) is 0 Å². The van der Waals surface area contributed by atoms with Crippen molar-refractivity contribution in [3.05, 3.63) is 40.3 Å². The molecule has 220 valence electrons. The molecule has 4 bridgehead atoms. The highest BCUT2D eigenvalue weighted by atomic mass is 16.6. The molecule has 4 fully saturated rings. The summed E-state index contributed by atoms with van der Waals surface area (Å²) >= 11 is 0. The zero-order chi connectivity index (χ0) is 28.5. The number of aromatic nitrogens is 2. The molecule has 3 heterocycles. The highest BCUT2D eigenvalue weighted by Crippen LogP contribution is 2.47. The Morgan fingerprint density at radius 2 is 1.61 bits per heavy atom. The maximum Gasteiger partial charge on any atom is 0.303 e. The van der Waals surface area contributed by atoms with E-state index in [-0.39, 0.29) is 35.8 Å².